The molecule has 0 saturated carbocycles. The predicted molar refractivity (Wildman–Crippen MR) is 114 cm³/mol. The van der Waals surface area contributed by atoms with Gasteiger partial charge in [-0.15, -0.1) is 5.92 Å². The average molecular weight is 472 g/mol. The van der Waals surface area contributed by atoms with Gasteiger partial charge in [0.1, 0.15) is 16.8 Å². The Balaban J connectivity index is 1.93. The molecule has 2 heterocycles. The van der Waals surface area contributed by atoms with Gasteiger partial charge >= 0.3 is 6.18 Å². The second kappa shape index (κ2) is 8.61. The van der Waals surface area contributed by atoms with Gasteiger partial charge < -0.3 is 15.7 Å². The van der Waals surface area contributed by atoms with Gasteiger partial charge in [-0.1, -0.05) is 18.1 Å². The molecule has 1 aliphatic heterocycles. The molecular weight excluding hydrogens is 445 g/mol. The van der Waals surface area contributed by atoms with Crippen LogP contribution in [0.1, 0.15) is 23.5 Å². The highest BCUT2D eigenvalue weighted by Crippen LogP contribution is 2.39. The van der Waals surface area contributed by atoms with Crippen LogP contribution in [0.15, 0.2) is 47.5 Å². The van der Waals surface area contributed by atoms with Gasteiger partial charge in [-0.25, -0.2) is 13.4 Å². The molecule has 7 nitrogen and oxygen atoms in total. The number of benzene rings is 1. The number of sulfonamides is 1. The quantitative estimate of drug-likeness (QED) is 0.664. The van der Waals surface area contributed by atoms with Crippen LogP contribution in [-0.4, -0.2) is 54.7 Å². The monoisotopic (exact) mass is 471 g/mol. The zero-order valence-electron chi connectivity index (χ0n) is 20.0. The summed E-state index contributed by atoms with van der Waals surface area (Å²) in [4.78, 5) is 5.31. The predicted octanol–water partition coefficient (Wildman–Crippen LogP) is 2.34. The van der Waals surface area contributed by atoms with Crippen molar-refractivity contribution in [2.75, 3.05) is 30.3 Å². The fraction of sp³-hybridized carbons (Fsp3) is 0.381. The number of alkyl halides is 3. The molecule has 2 atom stereocenters. The summed E-state index contributed by atoms with van der Waals surface area (Å²) >= 11 is 0. The summed E-state index contributed by atoms with van der Waals surface area (Å²) in [5.74, 6) is 4.86. The fourth-order valence-corrected chi connectivity index (χ4v) is 4.71. The zero-order valence-corrected chi connectivity index (χ0v) is 17.8. The van der Waals surface area contributed by atoms with Gasteiger partial charge in [0.2, 0.25) is 10.0 Å². The molecule has 32 heavy (non-hydrogen) atoms. The second-order valence-corrected chi connectivity index (χ2v) is 9.32. The summed E-state index contributed by atoms with van der Waals surface area (Å²) in [6.45, 7) is -2.07. The highest BCUT2D eigenvalue weighted by molar-refractivity contribution is 7.89. The third kappa shape index (κ3) is 4.53. The summed E-state index contributed by atoms with van der Waals surface area (Å²) in [6.07, 6.45) is -3.77. The number of anilines is 2. The van der Waals surface area contributed by atoms with Gasteiger partial charge in [-0.3, -0.25) is 0 Å². The molecule has 1 aliphatic rings. The number of nitrogen functional groups attached to an aromatic ring is 1. The Kier molecular flexibility index (Phi) is 5.34. The van der Waals surface area contributed by atoms with Crippen molar-refractivity contribution in [3.63, 3.8) is 0 Å². The highest BCUT2D eigenvalue weighted by atomic mass is 32.2. The number of aliphatic hydroxyl groups is 1. The Labute approximate surface area is 188 Å². The van der Waals surface area contributed by atoms with Crippen molar-refractivity contribution in [1.82, 2.24) is 9.29 Å². The lowest BCUT2D eigenvalue weighted by atomic mass is 9.95. The van der Waals surface area contributed by atoms with Crippen molar-refractivity contribution in [2.45, 2.75) is 36.5 Å². The summed E-state index contributed by atoms with van der Waals surface area (Å²) in [5, 5.41) is 9.89. The molecule has 3 N–H and O–H groups in total. The SMILES string of the molecule is [2H]C([2H])([2H])C#C[C@@H]1CN(S(=O)(=O)c2ccc(N)nc2)CCN1c1ccc([C@@](C)(O)C(F)(F)F)cc1. The van der Waals surface area contributed by atoms with Crippen LogP contribution in [0.2, 0.25) is 0 Å². The minimum absolute atomic E-state index is 0.000670. The van der Waals surface area contributed by atoms with E-state index in [0.29, 0.717) is 12.6 Å². The van der Waals surface area contributed by atoms with Gasteiger partial charge in [0, 0.05) is 35.6 Å². The fourth-order valence-electron chi connectivity index (χ4n) is 3.33. The molecular formula is C21H23F3N4O3S. The second-order valence-electron chi connectivity index (χ2n) is 7.38. The number of pyridine rings is 1. The van der Waals surface area contributed by atoms with E-state index < -0.39 is 34.7 Å². The van der Waals surface area contributed by atoms with Crippen molar-refractivity contribution < 1.29 is 30.8 Å². The van der Waals surface area contributed by atoms with Gasteiger partial charge in [-0.05, 0) is 43.6 Å². The highest BCUT2D eigenvalue weighted by Gasteiger charge is 2.51. The first kappa shape index (κ1) is 19.8. The number of rotatable bonds is 4. The van der Waals surface area contributed by atoms with Crippen molar-refractivity contribution in [2.24, 2.45) is 0 Å². The molecule has 0 aliphatic carbocycles. The maximum Gasteiger partial charge on any atom is 0.421 e. The number of aromatic nitrogens is 1. The molecule has 2 aromatic rings. The van der Waals surface area contributed by atoms with Crippen molar-refractivity contribution >= 4 is 21.5 Å². The van der Waals surface area contributed by atoms with Crippen molar-refractivity contribution in [3.8, 4) is 11.8 Å². The minimum Gasteiger partial charge on any atom is -0.384 e. The van der Waals surface area contributed by atoms with E-state index in [1.807, 2.05) is 0 Å². The van der Waals surface area contributed by atoms with E-state index in [9.17, 15) is 26.7 Å². The Morgan fingerprint density at radius 1 is 1.22 bits per heavy atom. The Bertz CT molecular complexity index is 1220. The molecule has 0 bridgehead atoms. The number of hydrogen-bond acceptors (Lipinski definition) is 6. The van der Waals surface area contributed by atoms with Crippen LogP contribution >= 0.6 is 0 Å². The van der Waals surface area contributed by atoms with E-state index >= 15 is 0 Å². The molecule has 1 saturated heterocycles. The van der Waals surface area contributed by atoms with Crippen LogP contribution in [-0.2, 0) is 15.6 Å². The molecule has 3 rings (SSSR count). The molecule has 11 heteroatoms. The number of piperazine rings is 1. The standard InChI is InChI=1S/C21H23F3N4O3S/c1-3-4-17-14-27(32(30,31)18-9-10-19(25)26-13-18)11-12-28(17)16-7-5-15(6-8-16)20(2,29)21(22,23)24/h5-10,13,17,29H,11-12,14H2,1-2H3,(H2,25,26)/t17-,20-/m1/s1/i1D3. The van der Waals surface area contributed by atoms with E-state index in [-0.39, 0.29) is 35.9 Å². The number of nitrogens with two attached hydrogens (primary N) is 1. The summed E-state index contributed by atoms with van der Waals surface area (Å²) in [6, 6.07) is 6.64. The maximum absolute atomic E-state index is 13.2. The largest absolute Gasteiger partial charge is 0.421 e. The summed E-state index contributed by atoms with van der Waals surface area (Å²) < 4.78 is 88.8. The van der Waals surface area contributed by atoms with Crippen LogP contribution < -0.4 is 10.6 Å². The van der Waals surface area contributed by atoms with Crippen LogP contribution in [0, 0.1) is 11.8 Å². The van der Waals surface area contributed by atoms with Gasteiger partial charge in [0.05, 0.1) is 0 Å². The zero-order chi connectivity index (χ0) is 26.2. The first-order valence-electron chi connectivity index (χ1n) is 10.9. The Hall–Kier alpha value is -2.81. The van der Waals surface area contributed by atoms with E-state index in [4.69, 9.17) is 9.85 Å². The normalized spacial score (nSPS) is 21.5. The molecule has 0 unspecified atom stereocenters. The smallest absolute Gasteiger partial charge is 0.384 e. The lowest BCUT2D eigenvalue weighted by Crippen LogP contribution is -2.54. The molecule has 1 fully saturated rings. The third-order valence-electron chi connectivity index (χ3n) is 5.29. The van der Waals surface area contributed by atoms with Crippen molar-refractivity contribution in [3.05, 3.63) is 48.2 Å². The summed E-state index contributed by atoms with van der Waals surface area (Å²) in [7, 11) is -3.99. The van der Waals surface area contributed by atoms with Crippen LogP contribution in [0.4, 0.5) is 24.7 Å². The molecule has 0 spiro atoms. The number of nitrogens with zero attached hydrogens (tertiary/aromatic N) is 3. The van der Waals surface area contributed by atoms with Crippen LogP contribution in [0.3, 0.4) is 0 Å². The van der Waals surface area contributed by atoms with Crippen LogP contribution in [0.25, 0.3) is 0 Å². The topological polar surface area (TPSA) is 99.8 Å². The lowest BCUT2D eigenvalue weighted by molar-refractivity contribution is -0.258. The number of halogens is 3. The maximum atomic E-state index is 13.2. The molecule has 1 aromatic carbocycles. The minimum atomic E-state index is -4.89. The van der Waals surface area contributed by atoms with E-state index in [2.05, 4.69) is 16.8 Å². The van der Waals surface area contributed by atoms with Gasteiger partial charge in [-0.2, -0.15) is 17.5 Å². The Morgan fingerprint density at radius 3 is 2.47 bits per heavy atom. The van der Waals surface area contributed by atoms with E-state index in [1.165, 1.54) is 24.3 Å². The van der Waals surface area contributed by atoms with Crippen molar-refractivity contribution in [1.29, 1.82) is 0 Å². The van der Waals surface area contributed by atoms with Gasteiger partial charge in [0.15, 0.2) is 5.60 Å². The first-order valence-corrected chi connectivity index (χ1v) is 10.9. The van der Waals surface area contributed by atoms with E-state index in [0.717, 1.165) is 22.6 Å². The molecule has 172 valence electrons. The van der Waals surface area contributed by atoms with Gasteiger partial charge in [0.25, 0.3) is 0 Å². The average Bonchev–Trinajstić information content (AvgIpc) is 2.76. The molecule has 0 radical (unpaired) electrons. The van der Waals surface area contributed by atoms with E-state index in [1.54, 1.807) is 4.90 Å². The Morgan fingerprint density at radius 2 is 1.91 bits per heavy atom. The van der Waals surface area contributed by atoms with Crippen LogP contribution in [0.5, 0.6) is 0 Å². The molecule has 1 aromatic heterocycles. The molecule has 0 amide bonds. The lowest BCUT2D eigenvalue weighted by Gasteiger charge is -2.40. The summed E-state index contributed by atoms with van der Waals surface area (Å²) in [5.41, 5.74) is 2.47. The first-order chi connectivity index (χ1) is 16.0. The third-order valence-corrected chi connectivity index (χ3v) is 7.14. The number of hydrogen-bond donors (Lipinski definition) is 2.